The van der Waals surface area contributed by atoms with Gasteiger partial charge in [-0.15, -0.1) is 0 Å². The molecule has 5 nitrogen and oxygen atoms in total. The van der Waals surface area contributed by atoms with E-state index < -0.39 is 0 Å². The lowest BCUT2D eigenvalue weighted by molar-refractivity contribution is -0.122. The van der Waals surface area contributed by atoms with Crippen LogP contribution in [0.4, 0.5) is 0 Å². The van der Waals surface area contributed by atoms with Crippen molar-refractivity contribution in [2.75, 3.05) is 0 Å². The summed E-state index contributed by atoms with van der Waals surface area (Å²) in [6.07, 6.45) is 0. The normalized spacial score (nSPS) is 12.2. The summed E-state index contributed by atoms with van der Waals surface area (Å²) in [4.78, 5) is 25.0. The average molecular weight is 323 g/mol. The number of para-hydroxylation sites is 2. The summed E-state index contributed by atoms with van der Waals surface area (Å²) < 4.78 is 3.22. The van der Waals surface area contributed by atoms with Crippen molar-refractivity contribution in [3.8, 4) is 0 Å². The van der Waals surface area contributed by atoms with Crippen LogP contribution in [0, 0.1) is 0 Å². The zero-order chi connectivity index (χ0) is 17.1. The van der Waals surface area contributed by atoms with Gasteiger partial charge in [-0.2, -0.15) is 0 Å². The van der Waals surface area contributed by atoms with Crippen molar-refractivity contribution in [1.82, 2.24) is 14.5 Å². The number of hydrogen-bond acceptors (Lipinski definition) is 2. The van der Waals surface area contributed by atoms with Crippen LogP contribution in [-0.4, -0.2) is 15.0 Å². The van der Waals surface area contributed by atoms with Crippen LogP contribution >= 0.6 is 0 Å². The second-order valence-corrected chi connectivity index (χ2v) is 5.80. The number of carbonyl (C=O) groups is 1. The number of hydrogen-bond donors (Lipinski definition) is 1. The molecule has 3 rings (SSSR count). The number of fused-ring (bicyclic) bond motifs is 1. The summed E-state index contributed by atoms with van der Waals surface area (Å²) in [6.45, 7) is 4.46. The van der Waals surface area contributed by atoms with Gasteiger partial charge >= 0.3 is 5.69 Å². The van der Waals surface area contributed by atoms with Gasteiger partial charge in [0.1, 0.15) is 6.54 Å². The monoisotopic (exact) mass is 323 g/mol. The highest BCUT2D eigenvalue weighted by atomic mass is 16.2. The molecule has 1 N–H and O–H groups in total. The Morgan fingerprint density at radius 2 is 1.58 bits per heavy atom. The number of nitrogens with one attached hydrogen (secondary N) is 1. The third-order valence-electron chi connectivity index (χ3n) is 4.22. The Morgan fingerprint density at radius 1 is 1.00 bits per heavy atom. The second-order valence-electron chi connectivity index (χ2n) is 5.80. The summed E-state index contributed by atoms with van der Waals surface area (Å²) in [5.41, 5.74) is 2.52. The predicted molar refractivity (Wildman–Crippen MR) is 94.9 cm³/mol. The molecule has 0 aliphatic rings. The summed E-state index contributed by atoms with van der Waals surface area (Å²) in [6, 6.07) is 17.2. The van der Waals surface area contributed by atoms with Gasteiger partial charge in [0.05, 0.1) is 17.1 Å². The first kappa shape index (κ1) is 16.1. The Bertz CT molecular complexity index is 909. The van der Waals surface area contributed by atoms with Crippen LogP contribution in [0.2, 0.25) is 0 Å². The smallest absolute Gasteiger partial charge is 0.329 e. The van der Waals surface area contributed by atoms with E-state index in [0.717, 1.165) is 16.6 Å². The van der Waals surface area contributed by atoms with Gasteiger partial charge < -0.3 is 5.32 Å². The van der Waals surface area contributed by atoms with Crippen LogP contribution in [-0.2, 0) is 17.9 Å². The maximum Gasteiger partial charge on any atom is 0.329 e. The van der Waals surface area contributed by atoms with E-state index in [4.69, 9.17) is 0 Å². The molecule has 124 valence electrons. The number of amides is 1. The molecule has 0 aliphatic heterocycles. The molecule has 2 aromatic carbocycles. The van der Waals surface area contributed by atoms with E-state index in [1.165, 1.54) is 4.57 Å². The van der Waals surface area contributed by atoms with Gasteiger partial charge in [0.15, 0.2) is 0 Å². The largest absolute Gasteiger partial charge is 0.348 e. The van der Waals surface area contributed by atoms with Gasteiger partial charge in [-0.1, -0.05) is 42.5 Å². The lowest BCUT2D eigenvalue weighted by Gasteiger charge is -2.14. The van der Waals surface area contributed by atoms with Crippen molar-refractivity contribution in [2.45, 2.75) is 33.0 Å². The first-order valence-electron chi connectivity index (χ1n) is 8.14. The molecule has 0 radical (unpaired) electrons. The standard InChI is InChI=1S/C19H21N3O2/c1-3-21-16-11-7-8-12-17(16)22(19(21)24)13-18(23)20-14(2)15-9-5-4-6-10-15/h4-12,14H,3,13H2,1-2H3,(H,20,23)/t14-/m1/s1. The van der Waals surface area contributed by atoms with Crippen LogP contribution in [0.5, 0.6) is 0 Å². The SMILES string of the molecule is CCn1c(=O)n(CC(=O)N[C@H](C)c2ccccc2)c2ccccc21. The molecule has 1 aromatic heterocycles. The fraction of sp³-hybridized carbons (Fsp3) is 0.263. The number of aryl methyl sites for hydroxylation is 1. The van der Waals surface area contributed by atoms with E-state index in [9.17, 15) is 9.59 Å². The third kappa shape index (κ3) is 2.97. The van der Waals surface area contributed by atoms with Crippen molar-refractivity contribution in [1.29, 1.82) is 0 Å². The van der Waals surface area contributed by atoms with Crippen molar-refractivity contribution in [3.05, 3.63) is 70.6 Å². The lowest BCUT2D eigenvalue weighted by Crippen LogP contribution is -2.34. The molecule has 5 heteroatoms. The molecule has 3 aromatic rings. The molecule has 0 aliphatic carbocycles. The summed E-state index contributed by atoms with van der Waals surface area (Å²) in [5.74, 6) is -0.174. The first-order chi connectivity index (χ1) is 11.6. The molecular weight excluding hydrogens is 302 g/mol. The van der Waals surface area contributed by atoms with Gasteiger partial charge in [0, 0.05) is 6.54 Å². The molecule has 0 unspecified atom stereocenters. The maximum atomic E-state index is 12.6. The Hall–Kier alpha value is -2.82. The molecule has 0 saturated heterocycles. The highest BCUT2D eigenvalue weighted by Crippen LogP contribution is 2.14. The highest BCUT2D eigenvalue weighted by Gasteiger charge is 2.15. The van der Waals surface area contributed by atoms with Gasteiger partial charge in [0.25, 0.3) is 0 Å². The van der Waals surface area contributed by atoms with Crippen LogP contribution in [0.15, 0.2) is 59.4 Å². The van der Waals surface area contributed by atoms with E-state index in [0.29, 0.717) is 6.54 Å². The van der Waals surface area contributed by atoms with E-state index in [2.05, 4.69) is 5.32 Å². The quantitative estimate of drug-likeness (QED) is 0.785. The average Bonchev–Trinajstić information content (AvgIpc) is 2.87. The Morgan fingerprint density at radius 3 is 2.21 bits per heavy atom. The fourth-order valence-corrected chi connectivity index (χ4v) is 2.99. The van der Waals surface area contributed by atoms with Gasteiger partial charge in [-0.3, -0.25) is 13.9 Å². The minimum Gasteiger partial charge on any atom is -0.348 e. The number of imidazole rings is 1. The number of aromatic nitrogens is 2. The maximum absolute atomic E-state index is 12.6. The third-order valence-corrected chi connectivity index (χ3v) is 4.22. The van der Waals surface area contributed by atoms with Gasteiger partial charge in [-0.05, 0) is 31.5 Å². The molecule has 24 heavy (non-hydrogen) atoms. The van der Waals surface area contributed by atoms with Crippen LogP contribution in [0.25, 0.3) is 11.0 Å². The van der Waals surface area contributed by atoms with E-state index in [-0.39, 0.29) is 24.2 Å². The predicted octanol–water partition coefficient (Wildman–Crippen LogP) is 2.70. The molecular formula is C19H21N3O2. The Kier molecular flexibility index (Phi) is 4.51. The minimum atomic E-state index is -0.174. The minimum absolute atomic E-state index is 0.0174. The molecule has 1 amide bonds. The molecule has 1 heterocycles. The number of nitrogens with zero attached hydrogens (tertiary/aromatic N) is 2. The molecule has 0 saturated carbocycles. The van der Waals surface area contributed by atoms with Crippen LogP contribution in [0.3, 0.4) is 0 Å². The summed E-state index contributed by atoms with van der Waals surface area (Å²) in [5, 5.41) is 2.96. The lowest BCUT2D eigenvalue weighted by atomic mass is 10.1. The number of carbonyl (C=O) groups excluding carboxylic acids is 1. The van der Waals surface area contributed by atoms with Crippen LogP contribution < -0.4 is 11.0 Å². The molecule has 0 spiro atoms. The highest BCUT2D eigenvalue weighted by molar-refractivity contribution is 5.81. The topological polar surface area (TPSA) is 56.0 Å². The summed E-state index contributed by atoms with van der Waals surface area (Å²) in [7, 11) is 0. The van der Waals surface area contributed by atoms with E-state index in [1.807, 2.05) is 68.4 Å². The van der Waals surface area contributed by atoms with Crippen molar-refractivity contribution in [2.24, 2.45) is 0 Å². The van der Waals surface area contributed by atoms with Crippen molar-refractivity contribution < 1.29 is 4.79 Å². The van der Waals surface area contributed by atoms with Gasteiger partial charge in [-0.25, -0.2) is 4.79 Å². The number of benzene rings is 2. The van der Waals surface area contributed by atoms with E-state index >= 15 is 0 Å². The zero-order valence-corrected chi connectivity index (χ0v) is 13.9. The fourth-order valence-electron chi connectivity index (χ4n) is 2.99. The Labute approximate surface area is 140 Å². The first-order valence-corrected chi connectivity index (χ1v) is 8.14. The van der Waals surface area contributed by atoms with Gasteiger partial charge in [0.2, 0.25) is 5.91 Å². The molecule has 0 fully saturated rings. The number of rotatable bonds is 5. The van der Waals surface area contributed by atoms with E-state index in [1.54, 1.807) is 4.57 Å². The molecule has 1 atom stereocenters. The zero-order valence-electron chi connectivity index (χ0n) is 13.9. The molecule has 0 bridgehead atoms. The second kappa shape index (κ2) is 6.74. The van der Waals surface area contributed by atoms with Crippen molar-refractivity contribution >= 4 is 16.9 Å². The Balaban J connectivity index is 1.84. The summed E-state index contributed by atoms with van der Waals surface area (Å²) >= 11 is 0. The van der Waals surface area contributed by atoms with Crippen molar-refractivity contribution in [3.63, 3.8) is 0 Å². The van der Waals surface area contributed by atoms with Crippen LogP contribution in [0.1, 0.15) is 25.5 Å².